The van der Waals surface area contributed by atoms with Crippen LogP contribution in [-0.4, -0.2) is 25.1 Å². The van der Waals surface area contributed by atoms with Gasteiger partial charge in [-0.1, -0.05) is 18.2 Å². The first-order valence-electron chi connectivity index (χ1n) is 8.88. The summed E-state index contributed by atoms with van der Waals surface area (Å²) in [7, 11) is 3.17. The van der Waals surface area contributed by atoms with Crippen molar-refractivity contribution < 1.29 is 14.3 Å². The molecule has 0 saturated carbocycles. The van der Waals surface area contributed by atoms with E-state index in [1.54, 1.807) is 26.5 Å². The van der Waals surface area contributed by atoms with E-state index < -0.39 is 0 Å². The van der Waals surface area contributed by atoms with Crippen LogP contribution in [0.4, 0.5) is 11.4 Å². The van der Waals surface area contributed by atoms with Gasteiger partial charge in [0.05, 0.1) is 14.2 Å². The van der Waals surface area contributed by atoms with Gasteiger partial charge in [-0.05, 0) is 54.4 Å². The van der Waals surface area contributed by atoms with E-state index in [1.807, 2.05) is 55.5 Å². The molecular weight excluding hydrogens is 354 g/mol. The first-order valence-corrected chi connectivity index (χ1v) is 8.88. The van der Waals surface area contributed by atoms with Crippen molar-refractivity contribution >= 4 is 17.3 Å². The van der Waals surface area contributed by atoms with E-state index in [2.05, 4.69) is 15.6 Å². The van der Waals surface area contributed by atoms with E-state index in [1.165, 1.54) is 0 Å². The maximum Gasteiger partial charge on any atom is 0.270 e. The van der Waals surface area contributed by atoms with Gasteiger partial charge in [0.25, 0.3) is 5.91 Å². The van der Waals surface area contributed by atoms with Crippen LogP contribution in [-0.2, 0) is 6.54 Å². The summed E-state index contributed by atoms with van der Waals surface area (Å²) in [6, 6.07) is 17.1. The van der Waals surface area contributed by atoms with Crippen molar-refractivity contribution in [3.05, 3.63) is 77.6 Å². The zero-order valence-electron chi connectivity index (χ0n) is 16.2. The number of nitrogens with one attached hydrogen (secondary N) is 2. The van der Waals surface area contributed by atoms with Gasteiger partial charge < -0.3 is 20.1 Å². The molecular formula is C22H23N3O3. The summed E-state index contributed by atoms with van der Waals surface area (Å²) in [6.07, 6.45) is 1.61. The van der Waals surface area contributed by atoms with Gasteiger partial charge in [-0.25, -0.2) is 0 Å². The number of ether oxygens (including phenoxy) is 2. The maximum absolute atomic E-state index is 12.5. The molecule has 1 aromatic heterocycles. The van der Waals surface area contributed by atoms with Crippen LogP contribution < -0.4 is 20.1 Å². The van der Waals surface area contributed by atoms with Crippen LogP contribution in [0.1, 0.15) is 21.6 Å². The fourth-order valence-electron chi connectivity index (χ4n) is 2.79. The lowest BCUT2D eigenvalue weighted by Gasteiger charge is -2.11. The minimum absolute atomic E-state index is 0.248. The minimum Gasteiger partial charge on any atom is -0.493 e. The Morgan fingerprint density at radius 2 is 1.75 bits per heavy atom. The summed E-state index contributed by atoms with van der Waals surface area (Å²) >= 11 is 0. The molecule has 6 heteroatoms. The number of carbonyl (C=O) groups is 1. The van der Waals surface area contributed by atoms with Gasteiger partial charge in [0.15, 0.2) is 11.5 Å². The molecule has 0 aliphatic carbocycles. The summed E-state index contributed by atoms with van der Waals surface area (Å²) in [6.45, 7) is 2.39. The number of carbonyl (C=O) groups excluding carboxylic acids is 1. The molecule has 144 valence electrons. The van der Waals surface area contributed by atoms with Crippen molar-refractivity contribution in [1.82, 2.24) is 10.3 Å². The highest BCUT2D eigenvalue weighted by atomic mass is 16.5. The van der Waals surface area contributed by atoms with Gasteiger partial charge in [-0.3, -0.25) is 9.78 Å². The third-order valence-corrected chi connectivity index (χ3v) is 4.20. The molecule has 0 unspecified atom stereocenters. The number of rotatable bonds is 7. The van der Waals surface area contributed by atoms with Crippen LogP contribution in [0.2, 0.25) is 0 Å². The second kappa shape index (κ2) is 8.90. The lowest BCUT2D eigenvalue weighted by Crippen LogP contribution is -2.23. The van der Waals surface area contributed by atoms with Crippen LogP contribution in [0.5, 0.6) is 11.5 Å². The van der Waals surface area contributed by atoms with Gasteiger partial charge in [-0.15, -0.1) is 0 Å². The van der Waals surface area contributed by atoms with Crippen molar-refractivity contribution in [3.63, 3.8) is 0 Å². The van der Waals surface area contributed by atoms with Crippen molar-refractivity contribution in [2.45, 2.75) is 13.5 Å². The fourth-order valence-corrected chi connectivity index (χ4v) is 2.79. The van der Waals surface area contributed by atoms with Gasteiger partial charge in [0.2, 0.25) is 0 Å². The Morgan fingerprint density at radius 1 is 0.964 bits per heavy atom. The number of aryl methyl sites for hydroxylation is 1. The predicted molar refractivity (Wildman–Crippen MR) is 109 cm³/mol. The Labute approximate surface area is 164 Å². The molecule has 0 aliphatic heterocycles. The molecule has 0 bridgehead atoms. The topological polar surface area (TPSA) is 72.5 Å². The van der Waals surface area contributed by atoms with Gasteiger partial charge in [0, 0.05) is 24.1 Å². The zero-order valence-corrected chi connectivity index (χ0v) is 16.2. The van der Waals surface area contributed by atoms with Crippen molar-refractivity contribution in [1.29, 1.82) is 0 Å². The Bertz CT molecular complexity index is 973. The monoisotopic (exact) mass is 377 g/mol. The Hall–Kier alpha value is -3.54. The first kappa shape index (κ1) is 19.2. The summed E-state index contributed by atoms with van der Waals surface area (Å²) in [5.74, 6) is 1.02. The van der Waals surface area contributed by atoms with Gasteiger partial charge in [-0.2, -0.15) is 0 Å². The lowest BCUT2D eigenvalue weighted by atomic mass is 10.2. The van der Waals surface area contributed by atoms with Crippen molar-refractivity contribution in [2.24, 2.45) is 0 Å². The van der Waals surface area contributed by atoms with Crippen molar-refractivity contribution in [2.75, 3.05) is 19.5 Å². The molecule has 0 radical (unpaired) electrons. The number of nitrogens with zero attached hydrogens (tertiary/aromatic N) is 1. The number of anilines is 2. The van der Waals surface area contributed by atoms with E-state index >= 15 is 0 Å². The molecule has 0 saturated heterocycles. The van der Waals surface area contributed by atoms with E-state index in [4.69, 9.17) is 9.47 Å². The van der Waals surface area contributed by atoms with Crippen LogP contribution >= 0.6 is 0 Å². The van der Waals surface area contributed by atoms with Crippen LogP contribution in [0.3, 0.4) is 0 Å². The highest BCUT2D eigenvalue weighted by molar-refractivity contribution is 5.93. The second-order valence-electron chi connectivity index (χ2n) is 6.30. The normalized spacial score (nSPS) is 10.2. The highest BCUT2D eigenvalue weighted by Crippen LogP contribution is 2.27. The van der Waals surface area contributed by atoms with Gasteiger partial charge in [0.1, 0.15) is 5.69 Å². The zero-order chi connectivity index (χ0) is 19.9. The number of amides is 1. The summed E-state index contributed by atoms with van der Waals surface area (Å²) in [4.78, 5) is 16.7. The number of hydrogen-bond donors (Lipinski definition) is 2. The van der Waals surface area contributed by atoms with E-state index in [0.29, 0.717) is 23.7 Å². The van der Waals surface area contributed by atoms with Crippen molar-refractivity contribution in [3.8, 4) is 11.5 Å². The number of benzene rings is 2. The molecule has 1 heterocycles. The predicted octanol–water partition coefficient (Wildman–Crippen LogP) is 4.08. The SMILES string of the molecule is COc1ccc(CNC(=O)c2cc(Nc3cccc(C)c3)ccn2)cc1OC. The number of methoxy groups -OCH3 is 2. The van der Waals surface area contributed by atoms with Crippen LogP contribution in [0.15, 0.2) is 60.8 Å². The molecule has 0 spiro atoms. The number of hydrogen-bond acceptors (Lipinski definition) is 5. The largest absolute Gasteiger partial charge is 0.493 e. The first-order chi connectivity index (χ1) is 13.6. The Kier molecular flexibility index (Phi) is 6.11. The second-order valence-corrected chi connectivity index (χ2v) is 6.30. The van der Waals surface area contributed by atoms with Gasteiger partial charge >= 0.3 is 0 Å². The molecule has 0 aliphatic rings. The standard InChI is InChI=1S/C22H23N3O3/c1-15-5-4-6-17(11-15)25-18-9-10-23-19(13-18)22(26)24-14-16-7-8-20(27-2)21(12-16)28-3/h4-13H,14H2,1-3H3,(H,23,25)(H,24,26). The van der Waals surface area contributed by atoms with Crippen LogP contribution in [0, 0.1) is 6.92 Å². The van der Waals surface area contributed by atoms with E-state index in [-0.39, 0.29) is 5.91 Å². The maximum atomic E-state index is 12.5. The molecule has 6 nitrogen and oxygen atoms in total. The Balaban J connectivity index is 1.66. The highest BCUT2D eigenvalue weighted by Gasteiger charge is 2.10. The average molecular weight is 377 g/mol. The third-order valence-electron chi connectivity index (χ3n) is 4.20. The molecule has 3 aromatic rings. The fraction of sp³-hybridized carbons (Fsp3) is 0.182. The average Bonchev–Trinajstić information content (AvgIpc) is 2.72. The molecule has 1 amide bonds. The molecule has 2 aromatic carbocycles. The van der Waals surface area contributed by atoms with E-state index in [9.17, 15) is 4.79 Å². The molecule has 0 fully saturated rings. The van der Waals surface area contributed by atoms with Crippen LogP contribution in [0.25, 0.3) is 0 Å². The lowest BCUT2D eigenvalue weighted by molar-refractivity contribution is 0.0946. The summed E-state index contributed by atoms with van der Waals surface area (Å²) < 4.78 is 10.5. The minimum atomic E-state index is -0.248. The summed E-state index contributed by atoms with van der Waals surface area (Å²) in [5, 5.41) is 6.17. The molecule has 28 heavy (non-hydrogen) atoms. The smallest absolute Gasteiger partial charge is 0.270 e. The van der Waals surface area contributed by atoms with E-state index in [0.717, 1.165) is 22.5 Å². The molecule has 0 atom stereocenters. The number of aromatic nitrogens is 1. The molecule has 3 rings (SSSR count). The Morgan fingerprint density at radius 3 is 2.50 bits per heavy atom. The summed E-state index contributed by atoms with van der Waals surface area (Å²) in [5.41, 5.74) is 4.17. The quantitative estimate of drug-likeness (QED) is 0.649. The number of pyridine rings is 1. The third kappa shape index (κ3) is 4.79. The molecule has 2 N–H and O–H groups in total.